The second-order valence-corrected chi connectivity index (χ2v) is 13.5. The van der Waals surface area contributed by atoms with Crippen LogP contribution >= 0.6 is 0 Å². The van der Waals surface area contributed by atoms with Gasteiger partial charge in [-0.3, -0.25) is 0 Å². The number of nitrogens with zero attached hydrogens (tertiary/aromatic N) is 1. The van der Waals surface area contributed by atoms with E-state index >= 15 is 0 Å². The Balaban J connectivity index is 1.55. The monoisotopic (exact) mass is 623 g/mol. The smallest absolute Gasteiger partial charge is 0.398 e. The largest absolute Gasteiger partial charge is 0.469 e. The summed E-state index contributed by atoms with van der Waals surface area (Å²) in [6.07, 6.45) is 8.61. The Labute approximate surface area is 264 Å². The van der Waals surface area contributed by atoms with Crippen molar-refractivity contribution >= 4 is 17.2 Å². The summed E-state index contributed by atoms with van der Waals surface area (Å²) in [5.74, 6) is -3.05. The van der Waals surface area contributed by atoms with Crippen LogP contribution in [0, 0.1) is 17.8 Å². The molecule has 4 atom stereocenters. The number of fused-ring (bicyclic) bond motifs is 2. The van der Waals surface area contributed by atoms with Gasteiger partial charge in [-0.2, -0.15) is 13.2 Å². The highest BCUT2D eigenvalue weighted by Gasteiger charge is 2.48. The molecule has 4 aliphatic rings. The number of rotatable bonds is 9. The van der Waals surface area contributed by atoms with Crippen molar-refractivity contribution in [2.24, 2.45) is 17.8 Å². The van der Waals surface area contributed by atoms with Crippen molar-refractivity contribution in [3.63, 3.8) is 0 Å². The standard InChI is InChI=1S/C37H44F3NO4/c1-22(2)34(42)44-21-24-10-9-11-25(18-24)41(27-15-17-33(45-35(43)23(3)4)32(20-27)37(38,39)40)26-14-16-29-28-12-7-8-13-30(28)36(5,6)31(29)19-26/h8-9,11,13-14,16-19,23-24,27,32,35,43H,1,7,10,12,15,20-21H2,2-6H3. The Bertz CT molecular complexity index is 1490. The van der Waals surface area contributed by atoms with Crippen LogP contribution in [0.5, 0.6) is 0 Å². The highest BCUT2D eigenvalue weighted by Crippen LogP contribution is 2.51. The van der Waals surface area contributed by atoms with E-state index in [4.69, 9.17) is 9.47 Å². The number of hydrogen-bond acceptors (Lipinski definition) is 5. The summed E-state index contributed by atoms with van der Waals surface area (Å²) in [4.78, 5) is 14.1. The van der Waals surface area contributed by atoms with Crippen molar-refractivity contribution in [2.45, 2.75) is 90.6 Å². The summed E-state index contributed by atoms with van der Waals surface area (Å²) in [6.45, 7) is 13.2. The summed E-state index contributed by atoms with van der Waals surface area (Å²) < 4.78 is 54.6. The average Bonchev–Trinajstić information content (AvgIpc) is 3.22. The lowest BCUT2D eigenvalue weighted by molar-refractivity contribution is -0.193. The van der Waals surface area contributed by atoms with E-state index in [0.717, 1.165) is 29.8 Å². The van der Waals surface area contributed by atoms with Crippen molar-refractivity contribution in [3.05, 3.63) is 95.0 Å². The fourth-order valence-electron chi connectivity index (χ4n) is 6.81. The van der Waals surface area contributed by atoms with Gasteiger partial charge in [-0.05, 0) is 85.6 Å². The number of carbonyl (C=O) groups is 1. The van der Waals surface area contributed by atoms with Gasteiger partial charge in [0.2, 0.25) is 0 Å². The lowest BCUT2D eigenvalue weighted by Gasteiger charge is -2.41. The highest BCUT2D eigenvalue weighted by atomic mass is 19.4. The predicted octanol–water partition coefficient (Wildman–Crippen LogP) is 8.68. The summed E-state index contributed by atoms with van der Waals surface area (Å²) in [7, 11) is 0. The minimum Gasteiger partial charge on any atom is -0.469 e. The van der Waals surface area contributed by atoms with E-state index in [-0.39, 0.29) is 36.0 Å². The van der Waals surface area contributed by atoms with Gasteiger partial charge in [0.1, 0.15) is 11.7 Å². The topological polar surface area (TPSA) is 59.0 Å². The first-order chi connectivity index (χ1) is 21.2. The number of carbonyl (C=O) groups excluding carboxylic acids is 1. The average molecular weight is 624 g/mol. The normalized spacial score (nSPS) is 24.4. The molecule has 4 aliphatic carbocycles. The van der Waals surface area contributed by atoms with Crippen LogP contribution < -0.4 is 4.90 Å². The number of allylic oxidation sites excluding steroid dienone is 7. The number of halogens is 3. The second-order valence-electron chi connectivity index (χ2n) is 13.5. The van der Waals surface area contributed by atoms with Crippen LogP contribution in [-0.4, -0.2) is 36.2 Å². The van der Waals surface area contributed by atoms with Crippen LogP contribution in [0.4, 0.5) is 18.9 Å². The number of aliphatic hydroxyl groups is 1. The number of aliphatic hydroxyl groups excluding tert-OH is 1. The Morgan fingerprint density at radius 2 is 1.93 bits per heavy atom. The van der Waals surface area contributed by atoms with Crippen molar-refractivity contribution in [1.29, 1.82) is 0 Å². The quantitative estimate of drug-likeness (QED) is 0.169. The molecule has 4 unspecified atom stereocenters. The molecule has 0 bridgehead atoms. The van der Waals surface area contributed by atoms with Crippen molar-refractivity contribution in [1.82, 2.24) is 0 Å². The maximum Gasteiger partial charge on any atom is 0.398 e. The third-order valence-electron chi connectivity index (χ3n) is 9.34. The molecule has 0 radical (unpaired) electrons. The van der Waals surface area contributed by atoms with Gasteiger partial charge >= 0.3 is 12.1 Å². The molecule has 5 rings (SSSR count). The first kappa shape index (κ1) is 32.9. The molecule has 0 amide bonds. The number of anilines is 1. The summed E-state index contributed by atoms with van der Waals surface area (Å²) in [5.41, 5.74) is 6.65. The Morgan fingerprint density at radius 3 is 2.62 bits per heavy atom. The molecule has 0 heterocycles. The third kappa shape index (κ3) is 6.71. The number of benzene rings is 1. The molecule has 1 N–H and O–H groups in total. The molecule has 0 saturated carbocycles. The SMILES string of the molecule is C=C(C)C(=O)OCC1C=C(N(c2ccc3c(c2)C(C)(C)C2=C3CCC=C2)C2CC=C(OC(O)C(C)C)C(C(F)(F)F)C2)C=CC1. The molecule has 8 heteroatoms. The van der Waals surface area contributed by atoms with E-state index in [2.05, 4.69) is 44.7 Å². The third-order valence-corrected chi connectivity index (χ3v) is 9.34. The minimum absolute atomic E-state index is 0.140. The van der Waals surface area contributed by atoms with Gasteiger partial charge in [0.15, 0.2) is 6.29 Å². The number of ether oxygens (including phenoxy) is 2. The van der Waals surface area contributed by atoms with E-state index < -0.39 is 30.4 Å². The molecule has 45 heavy (non-hydrogen) atoms. The zero-order valence-corrected chi connectivity index (χ0v) is 26.8. The highest BCUT2D eigenvalue weighted by molar-refractivity contribution is 5.87. The predicted molar refractivity (Wildman–Crippen MR) is 171 cm³/mol. The molecule has 0 saturated heterocycles. The van der Waals surface area contributed by atoms with Crippen molar-refractivity contribution < 1.29 is 32.5 Å². The summed E-state index contributed by atoms with van der Waals surface area (Å²) in [6, 6.07) is 5.73. The van der Waals surface area contributed by atoms with E-state index in [0.29, 0.717) is 18.4 Å². The number of hydrogen-bond donors (Lipinski definition) is 1. The fraction of sp³-hybridized carbons (Fsp3) is 0.486. The van der Waals surface area contributed by atoms with Crippen LogP contribution in [0.3, 0.4) is 0 Å². The van der Waals surface area contributed by atoms with E-state index in [9.17, 15) is 23.1 Å². The second kappa shape index (κ2) is 12.7. The Morgan fingerprint density at radius 1 is 1.18 bits per heavy atom. The maximum absolute atomic E-state index is 14.6. The summed E-state index contributed by atoms with van der Waals surface area (Å²) in [5, 5.41) is 10.3. The van der Waals surface area contributed by atoms with Gasteiger partial charge in [0, 0.05) is 40.3 Å². The van der Waals surface area contributed by atoms with Gasteiger partial charge in [-0.1, -0.05) is 64.6 Å². The summed E-state index contributed by atoms with van der Waals surface area (Å²) >= 11 is 0. The fourth-order valence-corrected chi connectivity index (χ4v) is 6.81. The van der Waals surface area contributed by atoms with E-state index in [1.807, 2.05) is 29.2 Å². The van der Waals surface area contributed by atoms with E-state index in [1.54, 1.807) is 20.8 Å². The van der Waals surface area contributed by atoms with Crippen molar-refractivity contribution in [2.75, 3.05) is 11.5 Å². The van der Waals surface area contributed by atoms with Crippen molar-refractivity contribution in [3.8, 4) is 0 Å². The van der Waals surface area contributed by atoms with Gasteiger partial charge in [-0.25, -0.2) is 4.79 Å². The molecule has 242 valence electrons. The van der Waals surface area contributed by atoms with Gasteiger partial charge in [0.05, 0.1) is 6.61 Å². The first-order valence-electron chi connectivity index (χ1n) is 15.8. The maximum atomic E-state index is 14.6. The lowest BCUT2D eigenvalue weighted by atomic mass is 9.80. The molecule has 0 fully saturated rings. The molecule has 0 spiro atoms. The van der Waals surface area contributed by atoms with Crippen LogP contribution in [0.2, 0.25) is 0 Å². The molecule has 0 aromatic heterocycles. The molecular weight excluding hydrogens is 579 g/mol. The Kier molecular flexibility index (Phi) is 9.28. The lowest BCUT2D eigenvalue weighted by Crippen LogP contribution is -2.43. The zero-order valence-electron chi connectivity index (χ0n) is 26.8. The Hall–Kier alpha value is -3.52. The number of esters is 1. The minimum atomic E-state index is -4.56. The van der Waals surface area contributed by atoms with Crippen LogP contribution in [0.1, 0.15) is 77.8 Å². The van der Waals surface area contributed by atoms with Crippen LogP contribution in [-0.2, 0) is 19.7 Å². The molecule has 1 aromatic rings. The van der Waals surface area contributed by atoms with Gasteiger partial charge in [-0.15, -0.1) is 0 Å². The molecular formula is C37H44F3NO4. The van der Waals surface area contributed by atoms with Gasteiger partial charge < -0.3 is 19.5 Å². The van der Waals surface area contributed by atoms with E-state index in [1.165, 1.54) is 22.8 Å². The van der Waals surface area contributed by atoms with Crippen LogP contribution in [0.25, 0.3) is 5.57 Å². The van der Waals surface area contributed by atoms with Crippen LogP contribution in [0.15, 0.2) is 83.8 Å². The van der Waals surface area contributed by atoms with Gasteiger partial charge in [0.25, 0.3) is 0 Å². The number of alkyl halides is 3. The first-order valence-corrected chi connectivity index (χ1v) is 15.8. The molecule has 1 aromatic carbocycles. The zero-order chi connectivity index (χ0) is 32.7. The molecule has 0 aliphatic heterocycles. The molecule has 5 nitrogen and oxygen atoms in total.